The lowest BCUT2D eigenvalue weighted by Gasteiger charge is -2.17. The van der Waals surface area contributed by atoms with Crippen molar-refractivity contribution >= 4 is 24.4 Å². The molecule has 0 atom stereocenters. The van der Waals surface area contributed by atoms with Gasteiger partial charge in [-0.1, -0.05) is 30.3 Å². The van der Waals surface area contributed by atoms with Crippen molar-refractivity contribution in [2.45, 2.75) is 0 Å². The van der Waals surface area contributed by atoms with Gasteiger partial charge >= 0.3 is 13.7 Å². The molecule has 0 unspecified atom stereocenters. The Hall–Kier alpha value is -1.97. The van der Waals surface area contributed by atoms with Crippen LogP contribution in [0.2, 0.25) is 0 Å². The highest BCUT2D eigenvalue weighted by Gasteiger charge is 2.23. The van der Waals surface area contributed by atoms with Gasteiger partial charge in [-0.25, -0.2) is 4.79 Å². The average Bonchev–Trinajstić information content (AvgIpc) is 2.29. The third-order valence-corrected chi connectivity index (χ3v) is 2.42. The molecule has 3 nitrogen and oxygen atoms in total. The molecule has 1 heterocycles. The summed E-state index contributed by atoms with van der Waals surface area (Å²) in [7, 11) is 1.07. The van der Waals surface area contributed by atoms with Crippen molar-refractivity contribution in [2.24, 2.45) is 0 Å². The Morgan fingerprint density at radius 3 is 2.80 bits per heavy atom. The summed E-state index contributed by atoms with van der Waals surface area (Å²) in [6, 6.07) is 11.3. The molecule has 2 aromatic carbocycles. The molecule has 71 valence electrons. The Bertz CT molecular complexity index is 551. The SMILES string of the molecule is O=C1O[B]Oc2c1ccc1ccccc21. The Morgan fingerprint density at radius 1 is 1.00 bits per heavy atom. The molecule has 0 N–H and O–H groups in total. The molecule has 0 amide bonds. The van der Waals surface area contributed by atoms with Gasteiger partial charge in [-0.3, -0.25) is 0 Å². The van der Waals surface area contributed by atoms with Crippen LogP contribution in [0.4, 0.5) is 0 Å². The van der Waals surface area contributed by atoms with Gasteiger partial charge in [0.1, 0.15) is 5.75 Å². The quantitative estimate of drug-likeness (QED) is 0.605. The molecular weight excluding hydrogens is 191 g/mol. The molecule has 3 rings (SSSR count). The zero-order chi connectivity index (χ0) is 10.3. The normalized spacial score (nSPS) is 13.7. The van der Waals surface area contributed by atoms with Crippen molar-refractivity contribution in [3.63, 3.8) is 0 Å². The lowest BCUT2D eigenvalue weighted by atomic mass is 10.0. The highest BCUT2D eigenvalue weighted by atomic mass is 16.6. The highest BCUT2D eigenvalue weighted by molar-refractivity contribution is 6.28. The summed E-state index contributed by atoms with van der Waals surface area (Å²) in [5.74, 6) is 0.200. The Kier molecular flexibility index (Phi) is 1.68. The molecular formula is C11H6BO3. The van der Waals surface area contributed by atoms with Crippen LogP contribution in [0.25, 0.3) is 10.8 Å². The van der Waals surface area contributed by atoms with Crippen molar-refractivity contribution in [2.75, 3.05) is 0 Å². The van der Waals surface area contributed by atoms with Crippen LogP contribution in [-0.2, 0) is 4.65 Å². The largest absolute Gasteiger partial charge is 0.660 e. The number of hydrogen-bond acceptors (Lipinski definition) is 3. The van der Waals surface area contributed by atoms with Gasteiger partial charge in [0.2, 0.25) is 0 Å². The molecule has 0 fully saturated rings. The topological polar surface area (TPSA) is 35.5 Å². The second-order valence-electron chi connectivity index (χ2n) is 3.28. The van der Waals surface area contributed by atoms with Gasteiger partial charge in [-0.05, 0) is 11.5 Å². The molecule has 15 heavy (non-hydrogen) atoms. The molecule has 0 saturated heterocycles. The van der Waals surface area contributed by atoms with Crippen LogP contribution in [0.5, 0.6) is 5.75 Å². The van der Waals surface area contributed by atoms with Gasteiger partial charge in [-0.2, -0.15) is 0 Å². The van der Waals surface area contributed by atoms with Crippen LogP contribution >= 0.6 is 0 Å². The van der Waals surface area contributed by atoms with E-state index in [0.29, 0.717) is 11.3 Å². The average molecular weight is 197 g/mol. The van der Waals surface area contributed by atoms with Crippen molar-refractivity contribution in [3.05, 3.63) is 42.0 Å². The number of fused-ring (bicyclic) bond motifs is 3. The van der Waals surface area contributed by atoms with Crippen LogP contribution in [0.1, 0.15) is 10.4 Å². The summed E-state index contributed by atoms with van der Waals surface area (Å²) < 4.78 is 9.91. The third kappa shape index (κ3) is 1.18. The molecule has 0 aromatic heterocycles. The van der Waals surface area contributed by atoms with Gasteiger partial charge in [-0.15, -0.1) is 0 Å². The van der Waals surface area contributed by atoms with E-state index in [4.69, 9.17) is 4.65 Å². The number of hydrogen-bond donors (Lipinski definition) is 0. The van der Waals surface area contributed by atoms with Gasteiger partial charge in [0.15, 0.2) is 0 Å². The summed E-state index contributed by atoms with van der Waals surface area (Å²) in [5, 5.41) is 1.96. The number of carbonyl (C=O) groups is 1. The third-order valence-electron chi connectivity index (χ3n) is 2.42. The Morgan fingerprint density at radius 2 is 1.87 bits per heavy atom. The standard InChI is InChI=1S/C11H6BO3/c13-11-9-6-5-7-3-1-2-4-8(7)10(9)14-12-15-11/h1-6H. The van der Waals surface area contributed by atoms with Crippen LogP contribution in [0, 0.1) is 0 Å². The van der Waals surface area contributed by atoms with Crippen LogP contribution < -0.4 is 4.65 Å². The summed E-state index contributed by atoms with van der Waals surface area (Å²) in [6.45, 7) is 0. The van der Waals surface area contributed by atoms with E-state index < -0.39 is 0 Å². The van der Waals surface area contributed by atoms with Crippen molar-refractivity contribution in [1.82, 2.24) is 0 Å². The maximum atomic E-state index is 11.4. The van der Waals surface area contributed by atoms with E-state index >= 15 is 0 Å². The lowest BCUT2D eigenvalue weighted by Crippen LogP contribution is -2.21. The first-order valence-corrected chi connectivity index (χ1v) is 4.57. The fourth-order valence-electron chi connectivity index (χ4n) is 1.71. The summed E-state index contributed by atoms with van der Waals surface area (Å²) in [6.07, 6.45) is 0. The van der Waals surface area contributed by atoms with Gasteiger partial charge in [0.05, 0.1) is 5.56 Å². The Balaban J connectivity index is 2.38. The van der Waals surface area contributed by atoms with Gasteiger partial charge in [0, 0.05) is 5.39 Å². The minimum Gasteiger partial charge on any atom is -0.525 e. The Labute approximate surface area is 86.9 Å². The first-order chi connectivity index (χ1) is 7.36. The molecule has 4 heteroatoms. The fourth-order valence-corrected chi connectivity index (χ4v) is 1.71. The van der Waals surface area contributed by atoms with E-state index in [0.717, 1.165) is 18.5 Å². The zero-order valence-corrected chi connectivity index (χ0v) is 7.77. The first kappa shape index (κ1) is 8.35. The smallest absolute Gasteiger partial charge is 0.525 e. The van der Waals surface area contributed by atoms with E-state index in [2.05, 4.69) is 4.65 Å². The van der Waals surface area contributed by atoms with Crippen molar-refractivity contribution in [1.29, 1.82) is 0 Å². The summed E-state index contributed by atoms with van der Waals surface area (Å²) in [4.78, 5) is 11.4. The molecule has 1 aliphatic rings. The maximum absolute atomic E-state index is 11.4. The number of rotatable bonds is 0. The predicted octanol–water partition coefficient (Wildman–Crippen LogP) is 1.92. The van der Waals surface area contributed by atoms with Crippen LogP contribution in [0.3, 0.4) is 0 Å². The second kappa shape index (κ2) is 3.02. The predicted molar refractivity (Wildman–Crippen MR) is 55.7 cm³/mol. The minimum atomic E-state index is -0.373. The molecule has 1 aliphatic heterocycles. The first-order valence-electron chi connectivity index (χ1n) is 4.57. The van der Waals surface area contributed by atoms with E-state index in [1.807, 2.05) is 30.3 Å². The summed E-state index contributed by atoms with van der Waals surface area (Å²) >= 11 is 0. The monoisotopic (exact) mass is 197 g/mol. The lowest BCUT2D eigenvalue weighted by molar-refractivity contribution is 0.0699. The van der Waals surface area contributed by atoms with Crippen molar-refractivity contribution < 1.29 is 14.1 Å². The van der Waals surface area contributed by atoms with Crippen LogP contribution in [-0.4, -0.2) is 13.7 Å². The molecule has 0 bridgehead atoms. The molecule has 1 radical (unpaired) electrons. The maximum Gasteiger partial charge on any atom is 0.660 e. The second-order valence-corrected chi connectivity index (χ2v) is 3.28. The number of benzene rings is 2. The van der Waals surface area contributed by atoms with E-state index in [1.54, 1.807) is 6.07 Å². The highest BCUT2D eigenvalue weighted by Crippen LogP contribution is 2.31. The molecule has 2 aromatic rings. The van der Waals surface area contributed by atoms with Gasteiger partial charge < -0.3 is 9.31 Å². The number of carbonyl (C=O) groups excluding carboxylic acids is 1. The van der Waals surface area contributed by atoms with E-state index in [-0.39, 0.29) is 5.97 Å². The zero-order valence-electron chi connectivity index (χ0n) is 7.77. The van der Waals surface area contributed by atoms with Crippen LogP contribution in [0.15, 0.2) is 36.4 Å². The van der Waals surface area contributed by atoms with E-state index in [1.165, 1.54) is 0 Å². The van der Waals surface area contributed by atoms with Crippen molar-refractivity contribution in [3.8, 4) is 5.75 Å². The fraction of sp³-hybridized carbons (Fsp3) is 0. The molecule has 0 aliphatic carbocycles. The minimum absolute atomic E-state index is 0.373. The van der Waals surface area contributed by atoms with Gasteiger partial charge in [0.25, 0.3) is 0 Å². The molecule has 0 saturated carbocycles. The van der Waals surface area contributed by atoms with E-state index in [9.17, 15) is 4.79 Å². The summed E-state index contributed by atoms with van der Waals surface area (Å²) in [5.41, 5.74) is 0.469. The molecule has 0 spiro atoms.